The largest absolute Gasteiger partial charge is 0.493 e. The van der Waals surface area contributed by atoms with Crippen LogP contribution in [0.5, 0.6) is 11.5 Å². The van der Waals surface area contributed by atoms with Crippen molar-refractivity contribution in [1.82, 2.24) is 10.4 Å². The highest BCUT2D eigenvalue weighted by Crippen LogP contribution is 2.40. The van der Waals surface area contributed by atoms with Gasteiger partial charge in [-0.1, -0.05) is 53.5 Å². The predicted molar refractivity (Wildman–Crippen MR) is 123 cm³/mol. The van der Waals surface area contributed by atoms with Gasteiger partial charge in [-0.15, -0.1) is 0 Å². The van der Waals surface area contributed by atoms with Crippen LogP contribution in [0.25, 0.3) is 0 Å². The average molecular weight is 454 g/mol. The number of nitrogens with one attached hydrogen (secondary N) is 1. The van der Waals surface area contributed by atoms with Crippen LogP contribution in [-0.4, -0.2) is 24.4 Å². The molecule has 0 saturated heterocycles. The highest BCUT2D eigenvalue weighted by Gasteiger charge is 2.29. The van der Waals surface area contributed by atoms with Gasteiger partial charge in [-0.25, -0.2) is 0 Å². The molecule has 1 aliphatic carbocycles. The number of hydrogen-bond donors (Lipinski definition) is 1. The summed E-state index contributed by atoms with van der Waals surface area (Å²) in [5.41, 5.74) is 8.68. The van der Waals surface area contributed by atoms with E-state index in [1.54, 1.807) is 25.7 Å². The minimum atomic E-state index is -0.105. The van der Waals surface area contributed by atoms with Crippen molar-refractivity contribution in [2.24, 2.45) is 5.10 Å². The van der Waals surface area contributed by atoms with Crippen LogP contribution < -0.4 is 14.9 Å². The summed E-state index contributed by atoms with van der Waals surface area (Å²) in [6.45, 7) is 0. The summed E-state index contributed by atoms with van der Waals surface area (Å²) in [6.07, 6.45) is 7.40. The number of aromatic nitrogens is 1. The normalized spacial score (nSPS) is 17.1. The van der Waals surface area contributed by atoms with Crippen molar-refractivity contribution in [3.8, 4) is 11.5 Å². The van der Waals surface area contributed by atoms with Crippen molar-refractivity contribution in [2.75, 3.05) is 7.11 Å². The van der Waals surface area contributed by atoms with Crippen LogP contribution in [0.1, 0.15) is 33.9 Å². The third-order valence-corrected chi connectivity index (χ3v) is 6.52. The first-order chi connectivity index (χ1) is 15.1. The van der Waals surface area contributed by atoms with Crippen molar-refractivity contribution in [2.45, 2.75) is 31.4 Å². The van der Waals surface area contributed by atoms with Gasteiger partial charge in [0.15, 0.2) is 11.5 Å². The van der Waals surface area contributed by atoms with Gasteiger partial charge in [0.05, 0.1) is 29.4 Å². The Bertz CT molecular complexity index is 1120. The zero-order valence-electron chi connectivity index (χ0n) is 16.9. The van der Waals surface area contributed by atoms with Crippen LogP contribution in [0, 0.1) is 0 Å². The van der Waals surface area contributed by atoms with Gasteiger partial charge in [-0.05, 0) is 28.3 Å². The molecule has 0 bridgehead atoms. The highest BCUT2D eigenvalue weighted by molar-refractivity contribution is 6.35. The number of hydrogen-bond acceptors (Lipinski definition) is 5. The highest BCUT2D eigenvalue weighted by atomic mass is 35.5. The molecule has 5 rings (SSSR count). The summed E-state index contributed by atoms with van der Waals surface area (Å²) < 4.78 is 12.2. The van der Waals surface area contributed by atoms with Crippen molar-refractivity contribution in [3.05, 3.63) is 86.7 Å². The van der Waals surface area contributed by atoms with Crippen LogP contribution >= 0.6 is 23.2 Å². The lowest BCUT2D eigenvalue weighted by Gasteiger charge is -2.27. The van der Waals surface area contributed by atoms with Gasteiger partial charge in [-0.3, -0.25) is 4.98 Å². The molecule has 1 aliphatic heterocycles. The van der Waals surface area contributed by atoms with Crippen LogP contribution in [0.15, 0.2) is 53.9 Å². The smallest absolute Gasteiger partial charge is 0.170 e. The van der Waals surface area contributed by atoms with E-state index in [-0.39, 0.29) is 12.1 Å². The Labute approximate surface area is 191 Å². The van der Waals surface area contributed by atoms with E-state index < -0.39 is 0 Å². The molecule has 0 spiro atoms. The minimum Gasteiger partial charge on any atom is -0.493 e. The number of halogens is 2. The van der Waals surface area contributed by atoms with E-state index in [4.69, 9.17) is 32.7 Å². The molecule has 3 aromatic rings. The summed E-state index contributed by atoms with van der Waals surface area (Å²) in [6, 6.07) is 12.4. The van der Waals surface area contributed by atoms with E-state index in [1.807, 2.05) is 12.1 Å². The predicted octanol–water partition coefficient (Wildman–Crippen LogP) is 5.16. The summed E-state index contributed by atoms with van der Waals surface area (Å²) in [5, 5.41) is 5.47. The molecule has 0 saturated carbocycles. The first kappa shape index (κ1) is 20.2. The molecule has 0 radical (unpaired) electrons. The molecule has 31 heavy (non-hydrogen) atoms. The van der Waals surface area contributed by atoms with E-state index in [0.29, 0.717) is 22.2 Å². The number of methoxy groups -OCH3 is 1. The molecule has 2 aliphatic rings. The second kappa shape index (κ2) is 8.40. The minimum absolute atomic E-state index is 0.0589. The maximum Gasteiger partial charge on any atom is 0.170 e. The van der Waals surface area contributed by atoms with Crippen molar-refractivity contribution >= 4 is 29.4 Å². The number of pyridine rings is 1. The van der Waals surface area contributed by atoms with Crippen molar-refractivity contribution < 1.29 is 9.47 Å². The number of rotatable bonds is 5. The van der Waals surface area contributed by atoms with Gasteiger partial charge in [0.1, 0.15) is 6.10 Å². The molecule has 0 fully saturated rings. The fourth-order valence-corrected chi connectivity index (χ4v) is 4.86. The molecular formula is C24H21Cl2N3O2. The van der Waals surface area contributed by atoms with Gasteiger partial charge in [0.2, 0.25) is 0 Å². The van der Waals surface area contributed by atoms with E-state index in [9.17, 15) is 0 Å². The molecule has 7 heteroatoms. The van der Waals surface area contributed by atoms with Gasteiger partial charge < -0.3 is 14.9 Å². The molecular weight excluding hydrogens is 433 g/mol. The van der Waals surface area contributed by atoms with Crippen LogP contribution in [0.2, 0.25) is 10.0 Å². The molecule has 2 heterocycles. The molecule has 1 unspecified atom stereocenters. The molecule has 158 valence electrons. The first-order valence-electron chi connectivity index (χ1n) is 10.1. The lowest BCUT2D eigenvalue weighted by atomic mass is 9.94. The summed E-state index contributed by atoms with van der Waals surface area (Å²) in [7, 11) is 1.66. The molecule has 0 amide bonds. The zero-order chi connectivity index (χ0) is 21.4. The van der Waals surface area contributed by atoms with Gasteiger partial charge in [0, 0.05) is 37.2 Å². The quantitative estimate of drug-likeness (QED) is 0.579. The maximum absolute atomic E-state index is 6.52. The van der Waals surface area contributed by atoms with Crippen LogP contribution in [-0.2, 0) is 19.3 Å². The maximum atomic E-state index is 6.52. The van der Waals surface area contributed by atoms with Crippen molar-refractivity contribution in [3.63, 3.8) is 0 Å². The Hall–Kier alpha value is -2.76. The fourth-order valence-electron chi connectivity index (χ4n) is 4.34. The Morgan fingerprint density at radius 1 is 1.03 bits per heavy atom. The number of ether oxygens (including phenoxy) is 2. The van der Waals surface area contributed by atoms with Gasteiger partial charge >= 0.3 is 0 Å². The van der Waals surface area contributed by atoms with Crippen molar-refractivity contribution in [1.29, 1.82) is 0 Å². The lowest BCUT2D eigenvalue weighted by Crippen LogP contribution is -2.26. The average Bonchev–Trinajstić information content (AvgIpc) is 3.19. The second-order valence-electron chi connectivity index (χ2n) is 7.74. The Kier molecular flexibility index (Phi) is 5.47. The lowest BCUT2D eigenvalue weighted by molar-refractivity contribution is 0.203. The van der Waals surface area contributed by atoms with Crippen LogP contribution in [0.4, 0.5) is 0 Å². The fraction of sp³-hybridized carbons (Fsp3) is 0.250. The van der Waals surface area contributed by atoms with Crippen LogP contribution in [0.3, 0.4) is 0 Å². The molecule has 2 aromatic carbocycles. The summed E-state index contributed by atoms with van der Waals surface area (Å²) in [5.74, 6) is 1.42. The van der Waals surface area contributed by atoms with E-state index >= 15 is 0 Å². The molecule has 5 nitrogen and oxygen atoms in total. The summed E-state index contributed by atoms with van der Waals surface area (Å²) >= 11 is 12.7. The number of nitrogens with zero attached hydrogens (tertiary/aromatic N) is 2. The molecule has 1 aromatic heterocycles. The third-order valence-electron chi connectivity index (χ3n) is 5.87. The van der Waals surface area contributed by atoms with E-state index in [0.717, 1.165) is 35.3 Å². The monoisotopic (exact) mass is 453 g/mol. The topological polar surface area (TPSA) is 55.7 Å². The summed E-state index contributed by atoms with van der Waals surface area (Å²) in [4.78, 5) is 4.04. The Morgan fingerprint density at radius 3 is 2.42 bits per heavy atom. The molecule has 1 atom stereocenters. The zero-order valence-corrected chi connectivity index (χ0v) is 18.5. The number of fused-ring (bicyclic) bond motifs is 2. The second-order valence-corrected chi connectivity index (χ2v) is 8.56. The number of benzene rings is 2. The van der Waals surface area contributed by atoms with Gasteiger partial charge in [-0.2, -0.15) is 5.10 Å². The Morgan fingerprint density at radius 2 is 1.74 bits per heavy atom. The van der Waals surface area contributed by atoms with Gasteiger partial charge in [0.25, 0.3) is 0 Å². The van der Waals surface area contributed by atoms with E-state index in [1.165, 1.54) is 11.1 Å². The molecule has 1 N–H and O–H groups in total. The van der Waals surface area contributed by atoms with E-state index in [2.05, 4.69) is 39.8 Å². The Balaban J connectivity index is 1.47. The number of hydrazone groups is 1. The third kappa shape index (κ3) is 3.84. The first-order valence-corrected chi connectivity index (χ1v) is 10.9. The standard InChI is InChI=1S/C24H21Cl2N3O2/c1-30-23-7-6-17-19(24(23)31-16-8-14-4-2-3-5-15(14)9-16)11-28-29-22(17)10-18-20(25)12-27-13-21(18)26/h2-7,11-13,16,22,29H,8-10H2,1H3. The SMILES string of the molecule is COc1ccc2c(c1OC1Cc3ccccc3C1)C=NNC2Cc1c(Cl)cncc1Cl.